The van der Waals surface area contributed by atoms with Gasteiger partial charge in [0.2, 0.25) is 10.0 Å². The largest absolute Gasteiger partial charge is 0.474 e. The molecule has 0 bridgehead atoms. The molecule has 0 amide bonds. The molecule has 8 heteroatoms. The Morgan fingerprint density at radius 1 is 1.41 bits per heavy atom. The van der Waals surface area contributed by atoms with Gasteiger partial charge >= 0.3 is 0 Å². The first kappa shape index (κ1) is 14.4. The molecule has 17 heavy (non-hydrogen) atoms. The molecular weight excluding hydrogens is 376 g/mol. The second-order valence-corrected chi connectivity index (χ2v) is 6.42. The van der Waals surface area contributed by atoms with E-state index in [1.165, 1.54) is 12.1 Å². The molecule has 0 fully saturated rings. The number of nitriles is 1. The summed E-state index contributed by atoms with van der Waals surface area (Å²) < 4.78 is 28.4. The molecule has 1 aromatic carbocycles. The van der Waals surface area contributed by atoms with Gasteiger partial charge < -0.3 is 4.74 Å². The third-order valence-corrected chi connectivity index (χ3v) is 3.85. The van der Waals surface area contributed by atoms with Gasteiger partial charge in [0.15, 0.2) is 6.10 Å². The second-order valence-electron chi connectivity index (χ2n) is 3.15. The molecule has 92 valence electrons. The van der Waals surface area contributed by atoms with Gasteiger partial charge in [-0.1, -0.05) is 0 Å². The molecule has 0 saturated carbocycles. The lowest BCUT2D eigenvalue weighted by Crippen LogP contribution is -2.13. The first-order chi connectivity index (χ1) is 7.75. The van der Waals surface area contributed by atoms with E-state index in [9.17, 15) is 8.42 Å². The number of benzene rings is 1. The molecule has 0 saturated heterocycles. The first-order valence-electron chi connectivity index (χ1n) is 4.34. The number of halogens is 2. The number of primary sulfonamides is 1. The van der Waals surface area contributed by atoms with Crippen molar-refractivity contribution in [2.75, 3.05) is 0 Å². The highest BCUT2D eigenvalue weighted by atomic mass is 79.9. The Kier molecular flexibility index (Phi) is 4.55. The summed E-state index contributed by atoms with van der Waals surface area (Å²) in [5, 5.41) is 13.6. The molecular formula is C9H8Br2N2O3S. The molecule has 0 spiro atoms. The number of nitrogens with zero attached hydrogens (tertiary/aromatic N) is 1. The van der Waals surface area contributed by atoms with Crippen molar-refractivity contribution in [3.63, 3.8) is 0 Å². The van der Waals surface area contributed by atoms with Gasteiger partial charge in [0, 0.05) is 0 Å². The van der Waals surface area contributed by atoms with Gasteiger partial charge in [-0.25, -0.2) is 13.6 Å². The Labute approximate surface area is 116 Å². The molecule has 0 radical (unpaired) electrons. The zero-order valence-electron chi connectivity index (χ0n) is 8.65. The number of rotatable bonds is 3. The summed E-state index contributed by atoms with van der Waals surface area (Å²) in [6, 6.07) is 4.54. The molecule has 1 rings (SSSR count). The first-order valence-corrected chi connectivity index (χ1v) is 7.47. The fraction of sp³-hybridized carbons (Fsp3) is 0.222. The number of sulfonamides is 1. The third-order valence-electron chi connectivity index (χ3n) is 1.78. The van der Waals surface area contributed by atoms with Crippen molar-refractivity contribution in [1.29, 1.82) is 5.26 Å². The minimum absolute atomic E-state index is 0.0480. The Balaban J connectivity index is 3.26. The van der Waals surface area contributed by atoms with E-state index in [1.807, 2.05) is 6.07 Å². The van der Waals surface area contributed by atoms with E-state index in [2.05, 4.69) is 31.9 Å². The summed E-state index contributed by atoms with van der Waals surface area (Å²) in [5.41, 5.74) is 0. The lowest BCUT2D eigenvalue weighted by Gasteiger charge is -2.12. The van der Waals surface area contributed by atoms with Crippen LogP contribution in [0.15, 0.2) is 26.0 Å². The van der Waals surface area contributed by atoms with Crippen LogP contribution in [0.4, 0.5) is 0 Å². The van der Waals surface area contributed by atoms with Gasteiger partial charge in [0.25, 0.3) is 0 Å². The van der Waals surface area contributed by atoms with Crippen LogP contribution in [-0.2, 0) is 10.0 Å². The number of ether oxygens (including phenoxy) is 1. The van der Waals surface area contributed by atoms with Crippen LogP contribution in [0.1, 0.15) is 6.92 Å². The maximum absolute atomic E-state index is 11.2. The molecule has 5 nitrogen and oxygen atoms in total. The lowest BCUT2D eigenvalue weighted by molar-refractivity contribution is 0.272. The maximum Gasteiger partial charge on any atom is 0.238 e. The van der Waals surface area contributed by atoms with Crippen molar-refractivity contribution >= 4 is 41.9 Å². The number of nitrogens with two attached hydrogens (primary N) is 1. The molecule has 0 aliphatic carbocycles. The summed E-state index contributed by atoms with van der Waals surface area (Å²) in [7, 11) is -3.78. The number of hydrogen-bond acceptors (Lipinski definition) is 4. The highest BCUT2D eigenvalue weighted by Crippen LogP contribution is 2.36. The molecule has 1 unspecified atom stereocenters. The SMILES string of the molecule is CC(C#N)Oc1c(Br)cc(S(N)(=O)=O)cc1Br. The van der Waals surface area contributed by atoms with Crippen LogP contribution in [0.3, 0.4) is 0 Å². The smallest absolute Gasteiger partial charge is 0.238 e. The van der Waals surface area contributed by atoms with Crippen molar-refractivity contribution in [2.45, 2.75) is 17.9 Å². The van der Waals surface area contributed by atoms with Crippen molar-refractivity contribution in [3.05, 3.63) is 21.1 Å². The standard InChI is InChI=1S/C9H8Br2N2O3S/c1-5(4-12)16-9-7(10)2-6(3-8(9)11)17(13,14)15/h2-3,5H,1H3,(H2,13,14,15). The highest BCUT2D eigenvalue weighted by Gasteiger charge is 2.16. The molecule has 0 aliphatic rings. The van der Waals surface area contributed by atoms with E-state index in [4.69, 9.17) is 15.1 Å². The third kappa shape index (κ3) is 3.67. The van der Waals surface area contributed by atoms with Crippen LogP contribution in [0, 0.1) is 11.3 Å². The van der Waals surface area contributed by atoms with Crippen LogP contribution < -0.4 is 9.88 Å². The quantitative estimate of drug-likeness (QED) is 0.865. The molecule has 0 aromatic heterocycles. The highest BCUT2D eigenvalue weighted by molar-refractivity contribution is 9.11. The van der Waals surface area contributed by atoms with Crippen molar-refractivity contribution < 1.29 is 13.2 Å². The minimum Gasteiger partial charge on any atom is -0.474 e. The molecule has 1 aromatic rings. The summed E-state index contributed by atoms with van der Waals surface area (Å²) in [5.74, 6) is 0.353. The van der Waals surface area contributed by atoms with Crippen LogP contribution >= 0.6 is 31.9 Å². The zero-order chi connectivity index (χ0) is 13.2. The Morgan fingerprint density at radius 2 is 1.88 bits per heavy atom. The van der Waals surface area contributed by atoms with E-state index in [-0.39, 0.29) is 4.90 Å². The van der Waals surface area contributed by atoms with Crippen molar-refractivity contribution in [2.24, 2.45) is 5.14 Å². The van der Waals surface area contributed by atoms with Gasteiger partial charge in [-0.3, -0.25) is 0 Å². The minimum atomic E-state index is -3.78. The Morgan fingerprint density at radius 3 is 2.24 bits per heavy atom. The van der Waals surface area contributed by atoms with Crippen LogP contribution in [0.25, 0.3) is 0 Å². The summed E-state index contributed by atoms with van der Waals surface area (Å²) in [6.07, 6.45) is -0.650. The predicted molar refractivity (Wildman–Crippen MR) is 68.9 cm³/mol. The van der Waals surface area contributed by atoms with Gasteiger partial charge in [-0.05, 0) is 50.9 Å². The summed E-state index contributed by atoms with van der Waals surface area (Å²) in [6.45, 7) is 1.58. The van der Waals surface area contributed by atoms with E-state index in [0.29, 0.717) is 14.7 Å². The van der Waals surface area contributed by atoms with E-state index >= 15 is 0 Å². The van der Waals surface area contributed by atoms with E-state index in [1.54, 1.807) is 6.92 Å². The fourth-order valence-electron chi connectivity index (χ4n) is 1.02. The van der Waals surface area contributed by atoms with E-state index in [0.717, 1.165) is 0 Å². The second kappa shape index (κ2) is 5.35. The van der Waals surface area contributed by atoms with Crippen LogP contribution in [0.5, 0.6) is 5.75 Å². The topological polar surface area (TPSA) is 93.2 Å². The van der Waals surface area contributed by atoms with Crippen LogP contribution in [0.2, 0.25) is 0 Å². The average molecular weight is 384 g/mol. The average Bonchev–Trinajstić information content (AvgIpc) is 2.21. The maximum atomic E-state index is 11.2. The molecule has 0 heterocycles. The van der Waals surface area contributed by atoms with Gasteiger partial charge in [-0.15, -0.1) is 0 Å². The van der Waals surface area contributed by atoms with Crippen molar-refractivity contribution in [3.8, 4) is 11.8 Å². The Hall–Kier alpha value is -0.620. The monoisotopic (exact) mass is 382 g/mol. The molecule has 1 atom stereocenters. The van der Waals surface area contributed by atoms with Gasteiger partial charge in [0.05, 0.1) is 13.8 Å². The van der Waals surface area contributed by atoms with Gasteiger partial charge in [-0.2, -0.15) is 5.26 Å². The fourth-order valence-corrected chi connectivity index (χ4v) is 3.26. The molecule has 0 aliphatic heterocycles. The van der Waals surface area contributed by atoms with E-state index < -0.39 is 16.1 Å². The Bertz CT molecular complexity index is 557. The van der Waals surface area contributed by atoms with Gasteiger partial charge in [0.1, 0.15) is 11.8 Å². The number of hydrogen-bond donors (Lipinski definition) is 1. The van der Waals surface area contributed by atoms with Crippen LogP contribution in [-0.4, -0.2) is 14.5 Å². The predicted octanol–water partition coefficient (Wildman–Crippen LogP) is 2.15. The summed E-state index contributed by atoms with van der Waals surface area (Å²) in [4.78, 5) is -0.0480. The lowest BCUT2D eigenvalue weighted by atomic mass is 10.3. The van der Waals surface area contributed by atoms with Crippen molar-refractivity contribution in [1.82, 2.24) is 0 Å². The zero-order valence-corrected chi connectivity index (χ0v) is 12.6. The normalized spacial score (nSPS) is 12.9. The molecule has 2 N–H and O–H groups in total. The summed E-state index contributed by atoms with van der Waals surface area (Å²) >= 11 is 6.33.